The van der Waals surface area contributed by atoms with E-state index in [0.29, 0.717) is 51.2 Å². The number of rotatable bonds is 35. The van der Waals surface area contributed by atoms with Gasteiger partial charge in [-0.15, -0.1) is 0 Å². The van der Waals surface area contributed by atoms with E-state index in [1.807, 2.05) is 62.3 Å². The van der Waals surface area contributed by atoms with Gasteiger partial charge in [0.25, 0.3) is 0 Å². The minimum atomic E-state index is -0.822. The molecule has 57 heavy (non-hydrogen) atoms. The lowest BCUT2D eigenvalue weighted by Crippen LogP contribution is -2.54. The summed E-state index contributed by atoms with van der Waals surface area (Å²) < 4.78 is 12.3. The Kier molecular flexibility index (Phi) is 28.2. The number of ether oxygens (including phenoxy) is 2. The zero-order valence-electron chi connectivity index (χ0n) is 39.7. The Morgan fingerprint density at radius 1 is 0.544 bits per heavy atom. The standard InChI is InChI=1S/C48H93N3O6/c1-14-18-21-23-25-38(5)41(52)30-29-40(44(55)51-47(11,12)34-36-56-45(6,7)8)49-42(53)32-33-48(13,17-4)57-37-35-46(9,10)50-43(54)31-28-39(26-20-16-3)27-24-22-19-15-2/h38-40H,14-37H2,1-13H3,(H,49,53)(H,50,54)(H,51,55). The lowest BCUT2D eigenvalue weighted by Gasteiger charge is -2.32. The number of carbonyl (C=O) groups excluding carboxylic acids is 4. The first kappa shape index (κ1) is 55.0. The van der Waals surface area contributed by atoms with Crippen molar-refractivity contribution in [2.45, 2.75) is 260 Å². The van der Waals surface area contributed by atoms with Crippen LogP contribution in [0.2, 0.25) is 0 Å². The van der Waals surface area contributed by atoms with Gasteiger partial charge in [0.1, 0.15) is 11.8 Å². The maximum Gasteiger partial charge on any atom is 0.243 e. The van der Waals surface area contributed by atoms with E-state index in [1.54, 1.807) is 0 Å². The molecule has 336 valence electrons. The van der Waals surface area contributed by atoms with Gasteiger partial charge in [0, 0.05) is 49.5 Å². The van der Waals surface area contributed by atoms with Gasteiger partial charge in [0.2, 0.25) is 17.7 Å². The first-order valence-electron chi connectivity index (χ1n) is 23.3. The minimum Gasteiger partial charge on any atom is -0.376 e. The normalized spacial score (nSPS) is 15.0. The van der Waals surface area contributed by atoms with E-state index in [2.05, 4.69) is 43.6 Å². The van der Waals surface area contributed by atoms with Gasteiger partial charge in [-0.3, -0.25) is 19.2 Å². The highest BCUT2D eigenvalue weighted by molar-refractivity contribution is 5.89. The van der Waals surface area contributed by atoms with Crippen molar-refractivity contribution < 1.29 is 28.7 Å². The number of amides is 3. The highest BCUT2D eigenvalue weighted by Gasteiger charge is 2.31. The Morgan fingerprint density at radius 2 is 1.09 bits per heavy atom. The van der Waals surface area contributed by atoms with E-state index in [1.165, 1.54) is 57.8 Å². The van der Waals surface area contributed by atoms with Crippen LogP contribution < -0.4 is 16.0 Å². The maximum atomic E-state index is 13.7. The molecule has 0 aliphatic carbocycles. The van der Waals surface area contributed by atoms with Crippen molar-refractivity contribution in [2.24, 2.45) is 11.8 Å². The Labute approximate surface area is 351 Å². The molecular weight excluding hydrogens is 715 g/mol. The molecule has 0 heterocycles. The highest BCUT2D eigenvalue weighted by atomic mass is 16.5. The Morgan fingerprint density at radius 3 is 1.65 bits per heavy atom. The fraction of sp³-hybridized carbons (Fsp3) is 0.917. The van der Waals surface area contributed by atoms with E-state index in [-0.39, 0.29) is 54.3 Å². The predicted octanol–water partition coefficient (Wildman–Crippen LogP) is 11.3. The molecule has 0 fully saturated rings. The van der Waals surface area contributed by atoms with Gasteiger partial charge in [0.05, 0.1) is 11.2 Å². The summed E-state index contributed by atoms with van der Waals surface area (Å²) in [5, 5.41) is 9.36. The van der Waals surface area contributed by atoms with Crippen molar-refractivity contribution in [3.8, 4) is 0 Å². The molecule has 3 amide bonds. The van der Waals surface area contributed by atoms with Crippen LogP contribution in [0.4, 0.5) is 0 Å². The molecule has 0 saturated carbocycles. The summed E-state index contributed by atoms with van der Waals surface area (Å²) in [5.74, 6) is 0.274. The molecular formula is C48H93N3O6. The van der Waals surface area contributed by atoms with E-state index in [9.17, 15) is 19.2 Å². The molecule has 9 heteroatoms. The molecule has 0 aromatic rings. The van der Waals surface area contributed by atoms with Gasteiger partial charge in [0.15, 0.2) is 0 Å². The summed E-state index contributed by atoms with van der Waals surface area (Å²) in [5.41, 5.74) is -1.80. The number of carbonyl (C=O) groups is 4. The molecule has 0 radical (unpaired) electrons. The average Bonchev–Trinajstić information content (AvgIpc) is 3.12. The van der Waals surface area contributed by atoms with Gasteiger partial charge < -0.3 is 25.4 Å². The number of ketones is 1. The highest BCUT2D eigenvalue weighted by Crippen LogP contribution is 2.25. The first-order valence-corrected chi connectivity index (χ1v) is 23.3. The largest absolute Gasteiger partial charge is 0.376 e. The monoisotopic (exact) mass is 808 g/mol. The lowest BCUT2D eigenvalue weighted by molar-refractivity contribution is -0.132. The van der Waals surface area contributed by atoms with Crippen LogP contribution >= 0.6 is 0 Å². The summed E-state index contributed by atoms with van der Waals surface area (Å²) in [6.07, 6.45) is 19.9. The fourth-order valence-electron chi connectivity index (χ4n) is 7.11. The molecule has 0 bridgehead atoms. The molecule has 0 aliphatic rings. The zero-order chi connectivity index (χ0) is 43.5. The molecule has 0 aromatic heterocycles. The van der Waals surface area contributed by atoms with Crippen molar-refractivity contribution in [1.82, 2.24) is 16.0 Å². The van der Waals surface area contributed by atoms with Crippen LogP contribution in [-0.4, -0.2) is 65.0 Å². The molecule has 3 N–H and O–H groups in total. The summed E-state index contributed by atoms with van der Waals surface area (Å²) in [6.45, 7) is 27.7. The summed E-state index contributed by atoms with van der Waals surface area (Å²) in [7, 11) is 0. The second-order valence-corrected chi connectivity index (χ2v) is 19.7. The molecule has 0 rings (SSSR count). The molecule has 9 nitrogen and oxygen atoms in total. The Balaban J connectivity index is 5.32. The molecule has 0 aromatic carbocycles. The summed E-state index contributed by atoms with van der Waals surface area (Å²) in [6, 6.07) is -0.822. The quantitative estimate of drug-likeness (QED) is 0.0548. The first-order chi connectivity index (χ1) is 26.6. The van der Waals surface area contributed by atoms with Crippen LogP contribution in [0.3, 0.4) is 0 Å². The fourth-order valence-corrected chi connectivity index (χ4v) is 7.11. The van der Waals surface area contributed by atoms with Gasteiger partial charge in [-0.05, 0) is 106 Å². The van der Waals surface area contributed by atoms with Crippen LogP contribution in [0.5, 0.6) is 0 Å². The summed E-state index contributed by atoms with van der Waals surface area (Å²) in [4.78, 5) is 53.3. The van der Waals surface area contributed by atoms with Gasteiger partial charge in [-0.2, -0.15) is 0 Å². The lowest BCUT2D eigenvalue weighted by atomic mass is 9.90. The van der Waals surface area contributed by atoms with Crippen LogP contribution in [0.25, 0.3) is 0 Å². The predicted molar refractivity (Wildman–Crippen MR) is 238 cm³/mol. The third-order valence-corrected chi connectivity index (χ3v) is 11.6. The smallest absolute Gasteiger partial charge is 0.243 e. The van der Waals surface area contributed by atoms with Crippen molar-refractivity contribution in [3.63, 3.8) is 0 Å². The average molecular weight is 808 g/mol. The summed E-state index contributed by atoms with van der Waals surface area (Å²) >= 11 is 0. The van der Waals surface area contributed by atoms with Crippen molar-refractivity contribution >= 4 is 23.5 Å². The van der Waals surface area contributed by atoms with Crippen LogP contribution in [-0.2, 0) is 28.7 Å². The van der Waals surface area contributed by atoms with Crippen molar-refractivity contribution in [3.05, 3.63) is 0 Å². The molecule has 0 aliphatic heterocycles. The van der Waals surface area contributed by atoms with E-state index < -0.39 is 22.7 Å². The van der Waals surface area contributed by atoms with E-state index >= 15 is 0 Å². The number of hydrogen-bond donors (Lipinski definition) is 3. The van der Waals surface area contributed by atoms with Gasteiger partial charge in [-0.25, -0.2) is 0 Å². The van der Waals surface area contributed by atoms with Crippen LogP contribution in [0.1, 0.15) is 231 Å². The van der Waals surface area contributed by atoms with Crippen molar-refractivity contribution in [1.29, 1.82) is 0 Å². The van der Waals surface area contributed by atoms with Gasteiger partial charge >= 0.3 is 0 Å². The molecule has 4 unspecified atom stereocenters. The van der Waals surface area contributed by atoms with Crippen LogP contribution in [0.15, 0.2) is 0 Å². The number of Topliss-reactive ketones (excluding diaryl/α,β-unsaturated/α-hetero) is 1. The molecule has 0 saturated heterocycles. The third-order valence-electron chi connectivity index (χ3n) is 11.6. The SMILES string of the molecule is CCCCCCC(CCCC)CCC(=O)NC(C)(C)CCOC(C)(CC)CCC(=O)NC(CCC(=O)C(C)CCCCCC)C(=O)NC(C)(C)CCOC(C)(C)C. The van der Waals surface area contributed by atoms with Crippen LogP contribution in [0, 0.1) is 11.8 Å². The molecule has 0 spiro atoms. The van der Waals surface area contributed by atoms with Crippen molar-refractivity contribution in [2.75, 3.05) is 13.2 Å². The maximum absolute atomic E-state index is 13.7. The number of unbranched alkanes of at least 4 members (excludes halogenated alkanes) is 7. The number of hydrogen-bond acceptors (Lipinski definition) is 6. The molecule has 4 atom stereocenters. The van der Waals surface area contributed by atoms with E-state index in [4.69, 9.17) is 9.47 Å². The Bertz CT molecular complexity index is 1120. The number of nitrogens with one attached hydrogen (secondary N) is 3. The third kappa shape index (κ3) is 29.0. The minimum absolute atomic E-state index is 0.0685. The second-order valence-electron chi connectivity index (χ2n) is 19.7. The Hall–Kier alpha value is -2.00. The zero-order valence-corrected chi connectivity index (χ0v) is 39.7. The van der Waals surface area contributed by atoms with E-state index in [0.717, 1.165) is 32.1 Å². The second kappa shape index (κ2) is 29.3. The topological polar surface area (TPSA) is 123 Å². The van der Waals surface area contributed by atoms with Gasteiger partial charge in [-0.1, -0.05) is 112 Å².